The summed E-state index contributed by atoms with van der Waals surface area (Å²) in [5, 5.41) is 0. The summed E-state index contributed by atoms with van der Waals surface area (Å²) in [7, 11) is -2.70. The largest absolute Gasteiger partial charge is 0.326 e. The second kappa shape index (κ2) is 5.73. The van der Waals surface area contributed by atoms with Crippen molar-refractivity contribution in [2.75, 3.05) is 13.6 Å². The molecule has 2 N–H and O–H groups in total. The van der Waals surface area contributed by atoms with Gasteiger partial charge in [0, 0.05) is 20.1 Å². The lowest BCUT2D eigenvalue weighted by Gasteiger charge is -2.17. The van der Waals surface area contributed by atoms with Crippen LogP contribution in [0.25, 0.3) is 0 Å². The normalized spacial score (nSPS) is 12.1. The molecule has 18 heavy (non-hydrogen) atoms. The first-order chi connectivity index (χ1) is 8.34. The Morgan fingerprint density at radius 2 is 1.94 bits per heavy atom. The van der Waals surface area contributed by atoms with Gasteiger partial charge < -0.3 is 5.73 Å². The van der Waals surface area contributed by atoms with Gasteiger partial charge in [-0.05, 0) is 24.1 Å². The van der Waals surface area contributed by atoms with Crippen molar-refractivity contribution < 1.29 is 17.2 Å². The molecule has 0 unspecified atom stereocenters. The van der Waals surface area contributed by atoms with E-state index in [0.717, 1.165) is 16.4 Å². The van der Waals surface area contributed by atoms with E-state index < -0.39 is 26.6 Å². The number of halogens is 2. The summed E-state index contributed by atoms with van der Waals surface area (Å²) < 4.78 is 52.0. The average Bonchev–Trinajstić information content (AvgIpc) is 2.32. The second-order valence-electron chi connectivity index (χ2n) is 3.92. The number of sulfonamides is 1. The van der Waals surface area contributed by atoms with E-state index in [1.165, 1.54) is 7.05 Å². The van der Waals surface area contributed by atoms with Gasteiger partial charge >= 0.3 is 0 Å². The van der Waals surface area contributed by atoms with E-state index in [1.807, 2.05) is 0 Å². The molecule has 0 spiro atoms. The lowest BCUT2D eigenvalue weighted by molar-refractivity contribution is 0.448. The van der Waals surface area contributed by atoms with Gasteiger partial charge in [0.25, 0.3) is 0 Å². The van der Waals surface area contributed by atoms with Crippen LogP contribution < -0.4 is 5.73 Å². The number of hydrogen-bond acceptors (Lipinski definition) is 3. The highest BCUT2D eigenvalue weighted by atomic mass is 32.2. The first-order valence-electron chi connectivity index (χ1n) is 5.49. The van der Waals surface area contributed by atoms with E-state index in [1.54, 1.807) is 6.92 Å². The molecule has 0 aliphatic heterocycles. The Morgan fingerprint density at radius 3 is 2.44 bits per heavy atom. The lowest BCUT2D eigenvalue weighted by atomic mass is 10.2. The van der Waals surface area contributed by atoms with Crippen molar-refractivity contribution in [3.63, 3.8) is 0 Å². The molecule has 0 heterocycles. The highest BCUT2D eigenvalue weighted by Gasteiger charge is 2.26. The minimum absolute atomic E-state index is 0.0583. The van der Waals surface area contributed by atoms with Gasteiger partial charge in [-0.1, -0.05) is 6.92 Å². The van der Waals surface area contributed by atoms with Crippen LogP contribution in [-0.2, 0) is 16.6 Å². The summed E-state index contributed by atoms with van der Waals surface area (Å²) >= 11 is 0. The van der Waals surface area contributed by atoms with Crippen molar-refractivity contribution in [1.82, 2.24) is 4.31 Å². The number of nitrogens with two attached hydrogens (primary N) is 1. The third-order valence-electron chi connectivity index (χ3n) is 2.52. The summed E-state index contributed by atoms with van der Waals surface area (Å²) in [5.74, 6) is -2.57. The van der Waals surface area contributed by atoms with Crippen LogP contribution in [0.4, 0.5) is 8.78 Å². The van der Waals surface area contributed by atoms with Gasteiger partial charge in [0.2, 0.25) is 10.0 Å². The second-order valence-corrected chi connectivity index (χ2v) is 5.93. The molecule has 0 bridgehead atoms. The fourth-order valence-electron chi connectivity index (χ4n) is 1.53. The van der Waals surface area contributed by atoms with Crippen LogP contribution in [0.2, 0.25) is 0 Å². The highest BCUT2D eigenvalue weighted by molar-refractivity contribution is 7.89. The molecule has 0 saturated carbocycles. The van der Waals surface area contributed by atoms with Crippen LogP contribution in [0.3, 0.4) is 0 Å². The Morgan fingerprint density at radius 1 is 1.33 bits per heavy atom. The van der Waals surface area contributed by atoms with Gasteiger partial charge in [-0.25, -0.2) is 21.5 Å². The quantitative estimate of drug-likeness (QED) is 0.886. The molecule has 102 valence electrons. The van der Waals surface area contributed by atoms with Gasteiger partial charge in [-0.15, -0.1) is 0 Å². The molecule has 7 heteroatoms. The van der Waals surface area contributed by atoms with E-state index >= 15 is 0 Å². The molecule has 0 radical (unpaired) electrons. The smallest absolute Gasteiger partial charge is 0.245 e. The zero-order chi connectivity index (χ0) is 13.9. The molecule has 0 fully saturated rings. The third kappa shape index (κ3) is 2.85. The van der Waals surface area contributed by atoms with Crippen molar-refractivity contribution in [1.29, 1.82) is 0 Å². The zero-order valence-corrected chi connectivity index (χ0v) is 11.1. The Labute approximate surface area is 105 Å². The van der Waals surface area contributed by atoms with E-state index in [-0.39, 0.29) is 18.7 Å². The molecule has 4 nitrogen and oxygen atoms in total. The molecular formula is C11H16F2N2O2S. The summed E-state index contributed by atoms with van der Waals surface area (Å²) in [6.45, 7) is 1.97. The summed E-state index contributed by atoms with van der Waals surface area (Å²) in [6, 6.07) is 1.97. The van der Waals surface area contributed by atoms with Gasteiger partial charge in [-0.3, -0.25) is 0 Å². The molecule has 0 amide bonds. The molecule has 0 atom stereocenters. The number of rotatable bonds is 5. The van der Waals surface area contributed by atoms with Crippen LogP contribution in [-0.4, -0.2) is 26.3 Å². The van der Waals surface area contributed by atoms with Crippen molar-refractivity contribution in [3.05, 3.63) is 29.3 Å². The first kappa shape index (κ1) is 15.0. The fraction of sp³-hybridized carbons (Fsp3) is 0.455. The fourth-order valence-corrected chi connectivity index (χ4v) is 2.91. The van der Waals surface area contributed by atoms with Crippen LogP contribution in [0, 0.1) is 11.6 Å². The number of nitrogens with zero attached hydrogens (tertiary/aromatic N) is 1. The summed E-state index contributed by atoms with van der Waals surface area (Å²) in [6.07, 6.45) is 0.580. The maximum atomic E-state index is 13.6. The van der Waals surface area contributed by atoms with Crippen LogP contribution >= 0.6 is 0 Å². The molecule has 0 aromatic heterocycles. The Balaban J connectivity index is 3.36. The van der Waals surface area contributed by atoms with Crippen LogP contribution in [0.1, 0.15) is 18.9 Å². The maximum absolute atomic E-state index is 13.6. The lowest BCUT2D eigenvalue weighted by Crippen LogP contribution is -2.28. The predicted molar refractivity (Wildman–Crippen MR) is 64.4 cm³/mol. The molecule has 0 saturated heterocycles. The minimum atomic E-state index is -4.02. The summed E-state index contributed by atoms with van der Waals surface area (Å²) in [5.41, 5.74) is 5.55. The van der Waals surface area contributed by atoms with Gasteiger partial charge in [0.15, 0.2) is 11.6 Å². The molecule has 1 aromatic carbocycles. The van der Waals surface area contributed by atoms with Crippen LogP contribution in [0.5, 0.6) is 0 Å². The van der Waals surface area contributed by atoms with Crippen LogP contribution in [0.15, 0.2) is 17.0 Å². The Bertz CT molecular complexity index is 532. The van der Waals surface area contributed by atoms with E-state index in [0.29, 0.717) is 6.42 Å². The molecule has 1 aromatic rings. The number of benzene rings is 1. The first-order valence-corrected chi connectivity index (χ1v) is 6.93. The zero-order valence-electron chi connectivity index (χ0n) is 10.3. The molecule has 1 rings (SSSR count). The van der Waals surface area contributed by atoms with Gasteiger partial charge in [0.1, 0.15) is 4.90 Å². The molecule has 0 aliphatic rings. The molecule has 0 aliphatic carbocycles. The molecular weight excluding hydrogens is 262 g/mol. The SMILES string of the molecule is CCCN(C)S(=O)(=O)c1cc(CN)cc(F)c1F. The van der Waals surface area contributed by atoms with Crippen molar-refractivity contribution in [2.24, 2.45) is 5.73 Å². The number of hydrogen-bond donors (Lipinski definition) is 1. The van der Waals surface area contributed by atoms with Gasteiger partial charge in [0.05, 0.1) is 0 Å². The predicted octanol–water partition coefficient (Wildman–Crippen LogP) is 1.45. The van der Waals surface area contributed by atoms with Gasteiger partial charge in [-0.2, -0.15) is 0 Å². The standard InChI is InChI=1S/C11H16F2N2O2S/c1-3-4-15(2)18(16,17)10-6-8(7-14)5-9(12)11(10)13/h5-6H,3-4,7,14H2,1-2H3. The van der Waals surface area contributed by atoms with Crippen molar-refractivity contribution in [2.45, 2.75) is 24.8 Å². The highest BCUT2D eigenvalue weighted by Crippen LogP contribution is 2.22. The summed E-state index contributed by atoms with van der Waals surface area (Å²) in [4.78, 5) is -0.668. The van der Waals surface area contributed by atoms with E-state index in [9.17, 15) is 17.2 Å². The monoisotopic (exact) mass is 278 g/mol. The van der Waals surface area contributed by atoms with E-state index in [2.05, 4.69) is 0 Å². The Hall–Kier alpha value is -1.05. The Kier molecular flexibility index (Phi) is 4.78. The van der Waals surface area contributed by atoms with Crippen molar-refractivity contribution >= 4 is 10.0 Å². The van der Waals surface area contributed by atoms with Crippen molar-refractivity contribution in [3.8, 4) is 0 Å². The average molecular weight is 278 g/mol. The topological polar surface area (TPSA) is 63.4 Å². The third-order valence-corrected chi connectivity index (χ3v) is 4.37. The van der Waals surface area contributed by atoms with E-state index in [4.69, 9.17) is 5.73 Å². The maximum Gasteiger partial charge on any atom is 0.245 e. The minimum Gasteiger partial charge on any atom is -0.326 e.